The van der Waals surface area contributed by atoms with Gasteiger partial charge in [0.25, 0.3) is 5.91 Å². The molecular weight excluding hydrogens is 464 g/mol. The third-order valence-electron chi connectivity index (χ3n) is 9.13. The third-order valence-corrected chi connectivity index (χ3v) is 9.13. The zero-order valence-corrected chi connectivity index (χ0v) is 21.2. The number of likely N-dealkylation sites (tertiary alicyclic amines) is 1. The van der Waals surface area contributed by atoms with Gasteiger partial charge >= 0.3 is 0 Å². The second-order valence-electron chi connectivity index (χ2n) is 11.7. The Morgan fingerprint density at radius 1 is 1.25 bits per heavy atom. The largest absolute Gasteiger partial charge is 0.508 e. The molecule has 2 aliphatic heterocycles. The third kappa shape index (κ3) is 3.19. The highest BCUT2D eigenvalue weighted by molar-refractivity contribution is 5.95. The van der Waals surface area contributed by atoms with Crippen LogP contribution in [0.15, 0.2) is 23.5 Å². The highest BCUT2D eigenvalue weighted by Gasteiger charge is 2.73. The van der Waals surface area contributed by atoms with E-state index in [1.54, 1.807) is 20.3 Å². The fourth-order valence-corrected chi connectivity index (χ4v) is 7.47. The lowest BCUT2D eigenvalue weighted by atomic mass is 9.49. The van der Waals surface area contributed by atoms with Crippen LogP contribution >= 0.6 is 0 Å². The second-order valence-corrected chi connectivity index (χ2v) is 11.7. The predicted octanol–water partition coefficient (Wildman–Crippen LogP) is 1.55. The van der Waals surface area contributed by atoms with Crippen LogP contribution in [0.1, 0.15) is 43.7 Å². The fraction of sp³-hybridized carbons (Fsp3) is 0.667. The number of hydrogen-bond acceptors (Lipinski definition) is 8. The summed E-state index contributed by atoms with van der Waals surface area (Å²) in [6.45, 7) is 3.94. The van der Waals surface area contributed by atoms with Gasteiger partial charge in [-0.1, -0.05) is 6.07 Å². The minimum atomic E-state index is -1.34. The van der Waals surface area contributed by atoms with Crippen LogP contribution in [-0.2, 0) is 26.1 Å². The molecule has 0 aromatic heterocycles. The number of nitrogens with one attached hydrogen (secondary N) is 1. The maximum absolute atomic E-state index is 13.6. The molecule has 1 amide bonds. The summed E-state index contributed by atoms with van der Waals surface area (Å²) in [5.74, 6) is 0.308. The maximum Gasteiger partial charge on any atom is 0.251 e. The predicted molar refractivity (Wildman–Crippen MR) is 130 cm³/mol. The first kappa shape index (κ1) is 24.0. The molecule has 0 unspecified atom stereocenters. The Hall–Kier alpha value is -2.33. The first-order chi connectivity index (χ1) is 17.2. The summed E-state index contributed by atoms with van der Waals surface area (Å²) in [5.41, 5.74) is -1.13. The zero-order valence-electron chi connectivity index (χ0n) is 21.2. The monoisotopic (exact) mass is 500 g/mol. The molecule has 1 saturated carbocycles. The van der Waals surface area contributed by atoms with Crippen LogP contribution in [0.2, 0.25) is 0 Å². The number of phenols is 1. The van der Waals surface area contributed by atoms with Crippen molar-refractivity contribution in [2.24, 2.45) is 5.92 Å². The number of carbonyl (C=O) groups excluding carboxylic acids is 1. The SMILES string of the molecule is COCC(C)(COC)NC(=O)C1=C(O)[C@@H]2Oc3c(O)ccc4c3[C@@]23CCN(CC2CC2)[C@H](C4)[C@]3(O)C1. The Morgan fingerprint density at radius 2 is 1.97 bits per heavy atom. The Labute approximate surface area is 211 Å². The van der Waals surface area contributed by atoms with Crippen molar-refractivity contribution in [2.45, 2.75) is 67.7 Å². The van der Waals surface area contributed by atoms with Gasteiger partial charge in [0.05, 0.1) is 35.3 Å². The molecule has 1 aromatic carbocycles. The van der Waals surface area contributed by atoms with Crippen molar-refractivity contribution in [3.05, 3.63) is 34.6 Å². The molecule has 2 fully saturated rings. The van der Waals surface area contributed by atoms with Gasteiger partial charge < -0.3 is 34.8 Å². The van der Waals surface area contributed by atoms with Gasteiger partial charge in [0.15, 0.2) is 17.6 Å². The first-order valence-electron chi connectivity index (χ1n) is 12.9. The highest BCUT2D eigenvalue weighted by Crippen LogP contribution is 2.66. The van der Waals surface area contributed by atoms with Gasteiger partial charge in [0, 0.05) is 38.8 Å². The lowest BCUT2D eigenvalue weighted by Crippen LogP contribution is -2.76. The van der Waals surface area contributed by atoms with Gasteiger partial charge in [0.1, 0.15) is 5.76 Å². The normalized spacial score (nSPS) is 32.8. The number of piperidine rings is 1. The molecule has 2 heterocycles. The van der Waals surface area contributed by atoms with Crippen LogP contribution in [0.25, 0.3) is 0 Å². The van der Waals surface area contributed by atoms with E-state index in [-0.39, 0.29) is 42.8 Å². The van der Waals surface area contributed by atoms with Crippen LogP contribution in [-0.4, -0.2) is 89.9 Å². The van der Waals surface area contributed by atoms with Gasteiger partial charge in [-0.25, -0.2) is 0 Å². The maximum atomic E-state index is 13.6. The smallest absolute Gasteiger partial charge is 0.251 e. The molecule has 1 spiro atoms. The van der Waals surface area contributed by atoms with Crippen molar-refractivity contribution >= 4 is 5.91 Å². The first-order valence-corrected chi connectivity index (χ1v) is 12.9. The van der Waals surface area contributed by atoms with Crippen molar-refractivity contribution in [1.82, 2.24) is 10.2 Å². The summed E-state index contributed by atoms with van der Waals surface area (Å²) in [4.78, 5) is 16.0. The van der Waals surface area contributed by atoms with E-state index in [0.29, 0.717) is 24.5 Å². The van der Waals surface area contributed by atoms with Gasteiger partial charge in [-0.3, -0.25) is 9.69 Å². The Morgan fingerprint density at radius 3 is 2.64 bits per heavy atom. The number of rotatable bonds is 8. The summed E-state index contributed by atoms with van der Waals surface area (Å²) in [5, 5.41) is 37.8. The average Bonchev–Trinajstić information content (AvgIpc) is 3.56. The van der Waals surface area contributed by atoms with Gasteiger partial charge in [-0.05, 0) is 56.7 Å². The number of methoxy groups -OCH3 is 2. The van der Waals surface area contributed by atoms with Crippen LogP contribution in [0.4, 0.5) is 0 Å². The summed E-state index contributed by atoms with van der Waals surface area (Å²) in [7, 11) is 3.10. The zero-order chi connectivity index (χ0) is 25.5. The average molecular weight is 501 g/mol. The number of aromatic hydroxyl groups is 1. The standard InChI is InChI=1S/C27H36N2O7/c1-25(13-34-2,14-35-3)28-24(32)17-11-27(33)19-10-16-6-7-18(30)22-20(16)26(27,23(36-22)21(17)31)8-9-29(19)12-15-4-5-15/h6-7,15,19,23,30-31,33H,4-5,8-14H2,1-3H3,(H,28,32)/t19-,23+,26+,27-/m1/s1. The molecule has 196 valence electrons. The summed E-state index contributed by atoms with van der Waals surface area (Å²) < 4.78 is 16.9. The number of carbonyl (C=O) groups is 1. The molecule has 0 radical (unpaired) electrons. The molecule has 1 aromatic rings. The minimum Gasteiger partial charge on any atom is -0.508 e. The van der Waals surface area contributed by atoms with E-state index in [4.69, 9.17) is 14.2 Å². The molecule has 9 heteroatoms. The highest BCUT2D eigenvalue weighted by atomic mass is 16.5. The van der Waals surface area contributed by atoms with E-state index >= 15 is 0 Å². The van der Waals surface area contributed by atoms with Crippen molar-refractivity contribution in [1.29, 1.82) is 0 Å². The molecule has 1 saturated heterocycles. The lowest BCUT2D eigenvalue weighted by molar-refractivity contribution is -0.172. The second kappa shape index (κ2) is 8.08. The van der Waals surface area contributed by atoms with Crippen molar-refractivity contribution in [2.75, 3.05) is 40.5 Å². The Bertz CT molecular complexity index is 1130. The number of phenolic OH excluding ortho intramolecular Hbond substituents is 1. The minimum absolute atomic E-state index is 0.000933. The van der Waals surface area contributed by atoms with Crippen LogP contribution in [0.5, 0.6) is 11.5 Å². The molecule has 9 nitrogen and oxygen atoms in total. The lowest BCUT2D eigenvalue weighted by Gasteiger charge is -2.62. The van der Waals surface area contributed by atoms with E-state index in [1.165, 1.54) is 12.8 Å². The fourth-order valence-electron chi connectivity index (χ4n) is 7.47. The van der Waals surface area contributed by atoms with Crippen LogP contribution < -0.4 is 10.1 Å². The number of nitrogens with zero attached hydrogens (tertiary/aromatic N) is 1. The number of benzene rings is 1. The molecule has 6 rings (SSSR count). The molecule has 4 atom stereocenters. The quantitative estimate of drug-likeness (QED) is 0.424. The van der Waals surface area contributed by atoms with E-state index in [2.05, 4.69) is 10.2 Å². The number of ether oxygens (including phenoxy) is 3. The van der Waals surface area contributed by atoms with Gasteiger partial charge in [-0.2, -0.15) is 0 Å². The number of amides is 1. The number of aliphatic hydroxyl groups excluding tert-OH is 1. The molecule has 5 aliphatic rings. The van der Waals surface area contributed by atoms with E-state index < -0.39 is 28.6 Å². The van der Waals surface area contributed by atoms with Gasteiger partial charge in [-0.15, -0.1) is 0 Å². The van der Waals surface area contributed by atoms with Crippen molar-refractivity contribution in [3.63, 3.8) is 0 Å². The summed E-state index contributed by atoms with van der Waals surface area (Å²) in [6, 6.07) is 3.32. The van der Waals surface area contributed by atoms with E-state index in [1.807, 2.05) is 13.0 Å². The molecular formula is C27H36N2O7. The van der Waals surface area contributed by atoms with E-state index in [0.717, 1.165) is 24.2 Å². The molecule has 2 bridgehead atoms. The molecule has 36 heavy (non-hydrogen) atoms. The van der Waals surface area contributed by atoms with Crippen LogP contribution in [0, 0.1) is 5.92 Å². The topological polar surface area (TPSA) is 121 Å². The number of hydrogen-bond donors (Lipinski definition) is 4. The van der Waals surface area contributed by atoms with Crippen molar-refractivity contribution < 1.29 is 34.3 Å². The Balaban J connectivity index is 1.45. The molecule has 3 aliphatic carbocycles. The van der Waals surface area contributed by atoms with Crippen molar-refractivity contribution in [3.8, 4) is 11.5 Å². The molecule has 4 N–H and O–H groups in total. The summed E-state index contributed by atoms with van der Waals surface area (Å²) in [6.07, 6.45) is 2.65. The summed E-state index contributed by atoms with van der Waals surface area (Å²) >= 11 is 0. The number of aliphatic hydroxyl groups is 2. The Kier molecular flexibility index (Phi) is 5.40. The van der Waals surface area contributed by atoms with Crippen LogP contribution in [0.3, 0.4) is 0 Å². The van der Waals surface area contributed by atoms with Gasteiger partial charge in [0.2, 0.25) is 0 Å². The van der Waals surface area contributed by atoms with E-state index in [9.17, 15) is 20.1 Å².